The number of hydrogen-bond donors (Lipinski definition) is 6. The molecule has 0 aromatic carbocycles. The third-order valence-corrected chi connectivity index (χ3v) is 3.27. The average Bonchev–Trinajstić information content (AvgIpc) is 2.46. The van der Waals surface area contributed by atoms with Crippen molar-refractivity contribution in [2.45, 2.75) is 51.2 Å². The van der Waals surface area contributed by atoms with Crippen molar-refractivity contribution >= 4 is 29.7 Å². The monoisotopic (exact) mass is 360 g/mol. The fourth-order valence-electron chi connectivity index (χ4n) is 1.88. The highest BCUT2D eigenvalue weighted by Gasteiger charge is 2.30. The Bertz CT molecular complexity index is 535. The molecule has 0 fully saturated rings. The second kappa shape index (κ2) is 10.2. The number of aliphatic carboxylic acids is 2. The molecule has 0 rings (SSSR count). The van der Waals surface area contributed by atoms with Gasteiger partial charge in [-0.25, -0.2) is 4.79 Å². The molecule has 3 atom stereocenters. The third kappa shape index (κ3) is 8.65. The summed E-state index contributed by atoms with van der Waals surface area (Å²) < 4.78 is 0. The molecule has 0 aliphatic rings. The summed E-state index contributed by atoms with van der Waals surface area (Å²) >= 11 is 0. The highest BCUT2D eigenvalue weighted by Crippen LogP contribution is 2.05. The van der Waals surface area contributed by atoms with E-state index in [-0.39, 0.29) is 12.8 Å². The Hall–Kier alpha value is -2.69. The molecule has 0 aliphatic heterocycles. The molecule has 11 heteroatoms. The predicted molar refractivity (Wildman–Crippen MR) is 85.0 cm³/mol. The number of rotatable bonds is 11. The van der Waals surface area contributed by atoms with Crippen LogP contribution in [0, 0.1) is 5.92 Å². The van der Waals surface area contributed by atoms with E-state index in [9.17, 15) is 24.0 Å². The van der Waals surface area contributed by atoms with E-state index in [1.54, 1.807) is 13.8 Å². The molecule has 0 saturated carbocycles. The zero-order valence-corrected chi connectivity index (χ0v) is 14.0. The fraction of sp³-hybridized carbons (Fsp3) is 0.643. The molecule has 0 aliphatic carbocycles. The zero-order chi connectivity index (χ0) is 19.7. The topological polar surface area (TPSA) is 202 Å². The van der Waals surface area contributed by atoms with Gasteiger partial charge in [-0.15, -0.1) is 0 Å². The molecule has 0 spiro atoms. The van der Waals surface area contributed by atoms with Gasteiger partial charge in [-0.3, -0.25) is 19.2 Å². The molecule has 142 valence electrons. The van der Waals surface area contributed by atoms with Gasteiger partial charge in [0, 0.05) is 6.42 Å². The van der Waals surface area contributed by atoms with E-state index >= 15 is 0 Å². The van der Waals surface area contributed by atoms with Crippen molar-refractivity contribution in [3.05, 3.63) is 0 Å². The summed E-state index contributed by atoms with van der Waals surface area (Å²) in [7, 11) is 0. The maximum atomic E-state index is 12.3. The fourth-order valence-corrected chi connectivity index (χ4v) is 1.88. The van der Waals surface area contributed by atoms with E-state index in [0.717, 1.165) is 0 Å². The van der Waals surface area contributed by atoms with Crippen LogP contribution < -0.4 is 22.1 Å². The highest BCUT2D eigenvalue weighted by atomic mass is 16.4. The summed E-state index contributed by atoms with van der Waals surface area (Å²) in [5.74, 6) is -5.46. The second-order valence-electron chi connectivity index (χ2n) is 5.84. The number of nitrogens with two attached hydrogens (primary N) is 2. The Morgan fingerprint density at radius 1 is 1.00 bits per heavy atom. The van der Waals surface area contributed by atoms with E-state index in [1.165, 1.54) is 0 Å². The number of nitrogens with one attached hydrogen (secondary N) is 2. The Kier molecular flexibility index (Phi) is 9.13. The first-order valence-electron chi connectivity index (χ1n) is 7.54. The van der Waals surface area contributed by atoms with Crippen molar-refractivity contribution in [2.24, 2.45) is 17.4 Å². The Morgan fingerprint density at radius 2 is 1.56 bits per heavy atom. The minimum Gasteiger partial charge on any atom is -0.481 e. The van der Waals surface area contributed by atoms with Crippen LogP contribution >= 0.6 is 0 Å². The number of primary amides is 1. The van der Waals surface area contributed by atoms with E-state index < -0.39 is 60.1 Å². The smallest absolute Gasteiger partial charge is 0.326 e. The van der Waals surface area contributed by atoms with Crippen molar-refractivity contribution < 1.29 is 34.2 Å². The molecule has 0 aromatic heterocycles. The molecule has 0 radical (unpaired) electrons. The van der Waals surface area contributed by atoms with Gasteiger partial charge in [-0.2, -0.15) is 0 Å². The van der Waals surface area contributed by atoms with Crippen LogP contribution in [0.3, 0.4) is 0 Å². The van der Waals surface area contributed by atoms with Gasteiger partial charge in [0.05, 0.1) is 12.5 Å². The normalized spacial score (nSPS) is 14.2. The Morgan fingerprint density at radius 3 is 1.96 bits per heavy atom. The zero-order valence-electron chi connectivity index (χ0n) is 14.0. The number of carboxylic acids is 2. The molecule has 0 heterocycles. The first kappa shape index (κ1) is 22.3. The van der Waals surface area contributed by atoms with Gasteiger partial charge in [0.25, 0.3) is 0 Å². The molecule has 11 nitrogen and oxygen atoms in total. The van der Waals surface area contributed by atoms with Gasteiger partial charge in [0.2, 0.25) is 17.7 Å². The van der Waals surface area contributed by atoms with Crippen LogP contribution in [0.1, 0.15) is 33.1 Å². The van der Waals surface area contributed by atoms with Crippen molar-refractivity contribution in [2.75, 3.05) is 0 Å². The Balaban J connectivity index is 5.10. The lowest BCUT2D eigenvalue weighted by molar-refractivity contribution is -0.144. The van der Waals surface area contributed by atoms with Crippen molar-refractivity contribution in [3.63, 3.8) is 0 Å². The van der Waals surface area contributed by atoms with Gasteiger partial charge < -0.3 is 32.3 Å². The van der Waals surface area contributed by atoms with Crippen LogP contribution in [0.4, 0.5) is 0 Å². The molecule has 3 amide bonds. The SMILES string of the molecule is CC(C)[C@H](NC(=O)[C@H](CCC(N)=O)NC(=O)[C@@H](N)CC(=O)O)C(=O)O. The summed E-state index contributed by atoms with van der Waals surface area (Å²) in [5.41, 5.74) is 10.4. The quantitative estimate of drug-likeness (QED) is 0.237. The third-order valence-electron chi connectivity index (χ3n) is 3.27. The summed E-state index contributed by atoms with van der Waals surface area (Å²) in [6.45, 7) is 3.16. The van der Waals surface area contributed by atoms with Crippen molar-refractivity contribution in [1.29, 1.82) is 0 Å². The molecule has 0 saturated heterocycles. The number of carbonyl (C=O) groups excluding carboxylic acids is 3. The van der Waals surface area contributed by atoms with Gasteiger partial charge >= 0.3 is 11.9 Å². The summed E-state index contributed by atoms with van der Waals surface area (Å²) in [6, 6.07) is -3.88. The lowest BCUT2D eigenvalue weighted by atomic mass is 10.0. The minimum absolute atomic E-state index is 0.183. The summed E-state index contributed by atoms with van der Waals surface area (Å²) in [4.78, 5) is 56.8. The second-order valence-corrected chi connectivity index (χ2v) is 5.84. The van der Waals surface area contributed by atoms with Gasteiger partial charge in [0.1, 0.15) is 12.1 Å². The van der Waals surface area contributed by atoms with Crippen LogP contribution in [0.5, 0.6) is 0 Å². The number of carbonyl (C=O) groups is 5. The van der Waals surface area contributed by atoms with Crippen LogP contribution in [-0.2, 0) is 24.0 Å². The lowest BCUT2D eigenvalue weighted by Crippen LogP contribution is -2.55. The van der Waals surface area contributed by atoms with Crippen LogP contribution in [0.15, 0.2) is 0 Å². The van der Waals surface area contributed by atoms with E-state index in [1.807, 2.05) is 0 Å². The maximum absolute atomic E-state index is 12.3. The van der Waals surface area contributed by atoms with E-state index in [0.29, 0.717) is 0 Å². The highest BCUT2D eigenvalue weighted by molar-refractivity contribution is 5.93. The standard InChI is InChI=1S/C14H24N4O7/c1-6(2)11(14(24)25)18-13(23)8(3-4-9(16)19)17-12(22)7(15)5-10(20)21/h6-8,11H,3-5,15H2,1-2H3,(H2,16,19)(H,17,22)(H,18,23)(H,20,21)(H,24,25)/t7-,8-,11-/m0/s1. The Labute approximate surface area is 144 Å². The summed E-state index contributed by atoms with van der Waals surface area (Å²) in [5, 5.41) is 22.2. The van der Waals surface area contributed by atoms with Gasteiger partial charge in [-0.1, -0.05) is 13.8 Å². The van der Waals surface area contributed by atoms with Gasteiger partial charge in [-0.05, 0) is 12.3 Å². The first-order valence-corrected chi connectivity index (χ1v) is 7.54. The predicted octanol–water partition coefficient (Wildman–Crippen LogP) is -2.24. The van der Waals surface area contributed by atoms with E-state index in [2.05, 4.69) is 10.6 Å². The molecule has 8 N–H and O–H groups in total. The van der Waals surface area contributed by atoms with Crippen molar-refractivity contribution in [3.8, 4) is 0 Å². The lowest BCUT2D eigenvalue weighted by Gasteiger charge is -2.24. The van der Waals surface area contributed by atoms with Crippen LogP contribution in [0.25, 0.3) is 0 Å². The number of amides is 3. The van der Waals surface area contributed by atoms with Crippen molar-refractivity contribution in [1.82, 2.24) is 10.6 Å². The molecule has 0 unspecified atom stereocenters. The largest absolute Gasteiger partial charge is 0.481 e. The molecule has 0 bridgehead atoms. The molecular formula is C14H24N4O7. The number of hydrogen-bond acceptors (Lipinski definition) is 6. The maximum Gasteiger partial charge on any atom is 0.326 e. The average molecular weight is 360 g/mol. The van der Waals surface area contributed by atoms with Crippen LogP contribution in [-0.4, -0.2) is 58.0 Å². The van der Waals surface area contributed by atoms with Crippen LogP contribution in [0.2, 0.25) is 0 Å². The summed E-state index contributed by atoms with van der Waals surface area (Å²) in [6.07, 6.45) is -1.08. The molecular weight excluding hydrogens is 336 g/mol. The van der Waals surface area contributed by atoms with Gasteiger partial charge in [0.15, 0.2) is 0 Å². The minimum atomic E-state index is -1.40. The molecule has 0 aromatic rings. The first-order chi connectivity index (χ1) is 11.5. The number of carboxylic acid groups (broad SMARTS) is 2. The van der Waals surface area contributed by atoms with E-state index in [4.69, 9.17) is 21.7 Å². The molecule has 25 heavy (non-hydrogen) atoms.